The topological polar surface area (TPSA) is 21.3 Å². The summed E-state index contributed by atoms with van der Waals surface area (Å²) in [4.78, 5) is 0. The third-order valence-corrected chi connectivity index (χ3v) is 2.46. The largest absolute Gasteiger partial charge is 0.380 e. The van der Waals surface area contributed by atoms with Gasteiger partial charge < -0.3 is 10.1 Å². The van der Waals surface area contributed by atoms with Crippen LogP contribution in [-0.2, 0) is 4.74 Å². The van der Waals surface area contributed by atoms with Gasteiger partial charge in [-0.2, -0.15) is 11.8 Å². The van der Waals surface area contributed by atoms with Crippen LogP contribution < -0.4 is 5.32 Å². The van der Waals surface area contributed by atoms with Crippen molar-refractivity contribution in [2.75, 3.05) is 38.3 Å². The van der Waals surface area contributed by atoms with Crippen molar-refractivity contribution in [3.05, 3.63) is 0 Å². The number of ether oxygens (including phenoxy) is 1. The van der Waals surface area contributed by atoms with Gasteiger partial charge >= 0.3 is 0 Å². The minimum Gasteiger partial charge on any atom is -0.380 e. The summed E-state index contributed by atoms with van der Waals surface area (Å²) in [6.07, 6.45) is 5.82. The molecule has 13 heavy (non-hydrogen) atoms. The molecule has 0 aromatic heterocycles. The summed E-state index contributed by atoms with van der Waals surface area (Å²) in [6, 6.07) is 0. The van der Waals surface area contributed by atoms with Gasteiger partial charge in [-0.3, -0.25) is 0 Å². The van der Waals surface area contributed by atoms with Crippen LogP contribution in [0.1, 0.15) is 26.2 Å². The number of unbranched alkanes of at least 4 members (excludes halogenated alkanes) is 1. The van der Waals surface area contributed by atoms with Crippen LogP contribution in [0.15, 0.2) is 0 Å². The smallest absolute Gasteiger partial charge is 0.0590 e. The lowest BCUT2D eigenvalue weighted by Crippen LogP contribution is -2.21. The number of nitrogens with one attached hydrogen (secondary N) is 1. The van der Waals surface area contributed by atoms with Gasteiger partial charge in [0.15, 0.2) is 0 Å². The average molecular weight is 205 g/mol. The van der Waals surface area contributed by atoms with E-state index in [1.54, 1.807) is 0 Å². The highest BCUT2D eigenvalue weighted by atomic mass is 32.2. The molecule has 0 spiro atoms. The number of rotatable bonds is 10. The molecule has 0 fully saturated rings. The molecule has 1 N–H and O–H groups in total. The quantitative estimate of drug-likeness (QED) is 0.552. The summed E-state index contributed by atoms with van der Waals surface area (Å²) in [6.45, 7) is 6.09. The van der Waals surface area contributed by atoms with Crippen LogP contribution in [0.2, 0.25) is 0 Å². The zero-order chi connectivity index (χ0) is 9.78. The fraction of sp³-hybridized carbons (Fsp3) is 1.00. The van der Waals surface area contributed by atoms with Crippen molar-refractivity contribution < 1.29 is 4.74 Å². The molecule has 0 aromatic carbocycles. The Labute approximate surface area is 86.8 Å². The molecule has 0 unspecified atom stereocenters. The number of hydrogen-bond donors (Lipinski definition) is 1. The maximum atomic E-state index is 5.41. The van der Waals surface area contributed by atoms with E-state index in [4.69, 9.17) is 4.74 Å². The molecule has 0 bridgehead atoms. The molecule has 0 radical (unpaired) electrons. The molecule has 0 amide bonds. The molecule has 0 aliphatic heterocycles. The second-order valence-corrected chi connectivity index (χ2v) is 4.05. The van der Waals surface area contributed by atoms with Crippen LogP contribution >= 0.6 is 11.8 Å². The van der Waals surface area contributed by atoms with Gasteiger partial charge in [0.05, 0.1) is 6.61 Å². The summed E-state index contributed by atoms with van der Waals surface area (Å²) in [7, 11) is 0. The minimum absolute atomic E-state index is 0.860. The molecule has 0 aliphatic carbocycles. The van der Waals surface area contributed by atoms with Crippen LogP contribution in [-0.4, -0.2) is 38.3 Å². The maximum absolute atomic E-state index is 5.41. The highest BCUT2D eigenvalue weighted by Crippen LogP contribution is 1.93. The Balaban J connectivity index is 2.76. The Morgan fingerprint density at radius 2 is 2.00 bits per heavy atom. The first kappa shape index (κ1) is 13.3. The van der Waals surface area contributed by atoms with Crippen molar-refractivity contribution in [1.82, 2.24) is 5.32 Å². The maximum Gasteiger partial charge on any atom is 0.0590 e. The summed E-state index contributed by atoms with van der Waals surface area (Å²) in [5.74, 6) is 1.25. The number of hydrogen-bond acceptors (Lipinski definition) is 3. The molecular formula is C10H23NOS. The third kappa shape index (κ3) is 12.3. The SMILES string of the molecule is CCCCOCCNCCCSC. The third-order valence-electron chi connectivity index (χ3n) is 1.77. The summed E-state index contributed by atoms with van der Waals surface area (Å²) < 4.78 is 5.41. The highest BCUT2D eigenvalue weighted by molar-refractivity contribution is 7.98. The monoisotopic (exact) mass is 205 g/mol. The van der Waals surface area contributed by atoms with Gasteiger partial charge in [-0.1, -0.05) is 13.3 Å². The summed E-state index contributed by atoms with van der Waals surface area (Å²) in [5.41, 5.74) is 0. The average Bonchev–Trinajstić information content (AvgIpc) is 2.16. The summed E-state index contributed by atoms with van der Waals surface area (Å²) >= 11 is 1.91. The fourth-order valence-electron chi connectivity index (χ4n) is 0.959. The van der Waals surface area contributed by atoms with E-state index in [0.29, 0.717) is 0 Å². The Bertz CT molecular complexity index is 81.0. The van der Waals surface area contributed by atoms with E-state index in [1.807, 2.05) is 11.8 Å². The highest BCUT2D eigenvalue weighted by Gasteiger charge is 1.88. The van der Waals surface area contributed by atoms with Crippen molar-refractivity contribution in [1.29, 1.82) is 0 Å². The van der Waals surface area contributed by atoms with Gasteiger partial charge in [0.25, 0.3) is 0 Å². The molecule has 0 aliphatic rings. The second kappa shape index (κ2) is 12.3. The van der Waals surface area contributed by atoms with E-state index in [-0.39, 0.29) is 0 Å². The first-order valence-corrected chi connectivity index (χ1v) is 6.58. The first-order valence-electron chi connectivity index (χ1n) is 5.19. The molecule has 0 saturated heterocycles. The van der Waals surface area contributed by atoms with E-state index in [2.05, 4.69) is 18.5 Å². The summed E-state index contributed by atoms with van der Waals surface area (Å²) in [5, 5.41) is 3.36. The lowest BCUT2D eigenvalue weighted by Gasteiger charge is -2.04. The normalized spacial score (nSPS) is 10.6. The fourth-order valence-corrected chi connectivity index (χ4v) is 1.39. The van der Waals surface area contributed by atoms with Crippen LogP contribution in [0.4, 0.5) is 0 Å². The van der Waals surface area contributed by atoms with E-state index in [0.717, 1.165) is 26.3 Å². The van der Waals surface area contributed by atoms with Crippen molar-refractivity contribution in [3.8, 4) is 0 Å². The minimum atomic E-state index is 0.860. The van der Waals surface area contributed by atoms with Crippen LogP contribution in [0.25, 0.3) is 0 Å². The molecule has 3 heteroatoms. The lowest BCUT2D eigenvalue weighted by molar-refractivity contribution is 0.133. The van der Waals surface area contributed by atoms with Gasteiger partial charge in [-0.25, -0.2) is 0 Å². The molecule has 0 saturated carbocycles. The van der Waals surface area contributed by atoms with E-state index < -0.39 is 0 Å². The first-order chi connectivity index (χ1) is 6.41. The molecule has 0 aromatic rings. The zero-order valence-corrected chi connectivity index (χ0v) is 9.79. The zero-order valence-electron chi connectivity index (χ0n) is 8.97. The van der Waals surface area contributed by atoms with Crippen LogP contribution in [0.3, 0.4) is 0 Å². The van der Waals surface area contributed by atoms with E-state index >= 15 is 0 Å². The lowest BCUT2D eigenvalue weighted by atomic mass is 10.4. The van der Waals surface area contributed by atoms with Crippen LogP contribution in [0, 0.1) is 0 Å². The van der Waals surface area contributed by atoms with Crippen molar-refractivity contribution in [2.24, 2.45) is 0 Å². The molecule has 0 heterocycles. The predicted molar refractivity (Wildman–Crippen MR) is 61.6 cm³/mol. The molecule has 2 nitrogen and oxygen atoms in total. The van der Waals surface area contributed by atoms with Crippen molar-refractivity contribution in [2.45, 2.75) is 26.2 Å². The van der Waals surface area contributed by atoms with Gasteiger partial charge in [0.2, 0.25) is 0 Å². The molecule has 0 rings (SSSR count). The van der Waals surface area contributed by atoms with Gasteiger partial charge in [-0.05, 0) is 31.4 Å². The van der Waals surface area contributed by atoms with Gasteiger partial charge in [0.1, 0.15) is 0 Å². The van der Waals surface area contributed by atoms with Crippen molar-refractivity contribution >= 4 is 11.8 Å². The van der Waals surface area contributed by atoms with Crippen molar-refractivity contribution in [3.63, 3.8) is 0 Å². The molecular weight excluding hydrogens is 182 g/mol. The van der Waals surface area contributed by atoms with E-state index in [1.165, 1.54) is 25.0 Å². The standard InChI is InChI=1S/C10H23NOS/c1-3-4-8-12-9-7-11-6-5-10-13-2/h11H,3-10H2,1-2H3. The Hall–Kier alpha value is 0.270. The Morgan fingerprint density at radius 3 is 2.69 bits per heavy atom. The Kier molecular flexibility index (Phi) is 12.5. The van der Waals surface area contributed by atoms with Gasteiger partial charge in [-0.15, -0.1) is 0 Å². The van der Waals surface area contributed by atoms with Gasteiger partial charge in [0, 0.05) is 13.2 Å². The Morgan fingerprint density at radius 1 is 1.15 bits per heavy atom. The molecule has 80 valence electrons. The second-order valence-electron chi connectivity index (χ2n) is 3.06. The van der Waals surface area contributed by atoms with E-state index in [9.17, 15) is 0 Å². The predicted octanol–water partition coefficient (Wildman–Crippen LogP) is 2.15. The van der Waals surface area contributed by atoms with Crippen LogP contribution in [0.5, 0.6) is 0 Å². The number of thioether (sulfide) groups is 1. The molecule has 0 atom stereocenters.